The van der Waals surface area contributed by atoms with Gasteiger partial charge in [-0.3, -0.25) is 14.2 Å². The number of fused-ring (bicyclic) bond motifs is 3. The fraction of sp³-hybridized carbons (Fsp3) is 0.0800. The van der Waals surface area contributed by atoms with Crippen LogP contribution in [0.15, 0.2) is 93.2 Å². The summed E-state index contributed by atoms with van der Waals surface area (Å²) in [5.74, 6) is -0.120. The van der Waals surface area contributed by atoms with Crippen molar-refractivity contribution < 1.29 is 9.21 Å². The molecule has 2 heterocycles. The highest BCUT2D eigenvalue weighted by Gasteiger charge is 2.19. The van der Waals surface area contributed by atoms with Crippen molar-refractivity contribution in [1.82, 2.24) is 9.55 Å². The van der Waals surface area contributed by atoms with Gasteiger partial charge in [0, 0.05) is 16.1 Å². The van der Waals surface area contributed by atoms with Gasteiger partial charge >= 0.3 is 0 Å². The molecule has 6 nitrogen and oxygen atoms in total. The van der Waals surface area contributed by atoms with Crippen LogP contribution in [0, 0.1) is 0 Å². The monoisotopic (exact) mass is 475 g/mol. The Balaban J connectivity index is 1.50. The van der Waals surface area contributed by atoms with Crippen molar-refractivity contribution in [3.05, 3.63) is 99.8 Å². The van der Waals surface area contributed by atoms with E-state index in [2.05, 4.69) is 5.32 Å². The lowest BCUT2D eigenvalue weighted by Crippen LogP contribution is -2.24. The molecule has 5 aromatic rings. The zero-order chi connectivity index (χ0) is 22.8. The molecule has 33 heavy (non-hydrogen) atoms. The third kappa shape index (κ3) is 4.51. The summed E-state index contributed by atoms with van der Waals surface area (Å²) in [5, 5.41) is 4.65. The summed E-state index contributed by atoms with van der Waals surface area (Å²) in [6.45, 7) is 0.320. The van der Waals surface area contributed by atoms with E-state index in [-0.39, 0.29) is 22.8 Å². The summed E-state index contributed by atoms with van der Waals surface area (Å²) < 4.78 is 7.39. The lowest BCUT2D eigenvalue weighted by molar-refractivity contribution is -0.113. The van der Waals surface area contributed by atoms with Crippen LogP contribution >= 0.6 is 23.4 Å². The zero-order valence-corrected chi connectivity index (χ0v) is 18.9. The molecule has 0 spiro atoms. The topological polar surface area (TPSA) is 77.1 Å². The van der Waals surface area contributed by atoms with E-state index in [0.29, 0.717) is 33.5 Å². The number of anilines is 1. The van der Waals surface area contributed by atoms with Gasteiger partial charge in [0.15, 0.2) is 5.16 Å². The Morgan fingerprint density at radius 1 is 1.00 bits per heavy atom. The maximum absolute atomic E-state index is 13.4. The standard InChI is InChI=1S/C25H18ClN3O3S/c26-17-10-12-18(13-11-17)27-21(30)15-33-25-28-22-19-8-4-5-9-20(19)32-23(22)24(31)29(25)14-16-6-2-1-3-7-16/h1-13H,14-15H2,(H,27,30). The van der Waals surface area contributed by atoms with E-state index in [4.69, 9.17) is 21.0 Å². The first kappa shape index (κ1) is 21.3. The second-order valence-corrected chi connectivity index (χ2v) is 8.77. The van der Waals surface area contributed by atoms with Gasteiger partial charge in [0.1, 0.15) is 11.1 Å². The number of aromatic nitrogens is 2. The Labute approximate surface area is 198 Å². The number of benzene rings is 3. The zero-order valence-electron chi connectivity index (χ0n) is 17.3. The third-order valence-corrected chi connectivity index (χ3v) is 6.32. The maximum atomic E-state index is 13.4. The lowest BCUT2D eigenvalue weighted by atomic mass is 10.2. The van der Waals surface area contributed by atoms with Gasteiger partial charge in [-0.15, -0.1) is 0 Å². The quantitative estimate of drug-likeness (QED) is 0.256. The summed E-state index contributed by atoms with van der Waals surface area (Å²) >= 11 is 7.11. The molecule has 0 bridgehead atoms. The van der Waals surface area contributed by atoms with E-state index in [1.165, 1.54) is 11.8 Å². The Morgan fingerprint density at radius 3 is 2.52 bits per heavy atom. The number of furan rings is 1. The summed E-state index contributed by atoms with van der Waals surface area (Å²) in [7, 11) is 0. The van der Waals surface area contributed by atoms with Crippen LogP contribution in [0.3, 0.4) is 0 Å². The van der Waals surface area contributed by atoms with E-state index in [0.717, 1.165) is 10.9 Å². The van der Waals surface area contributed by atoms with Gasteiger partial charge in [-0.25, -0.2) is 4.98 Å². The second kappa shape index (κ2) is 9.13. The van der Waals surface area contributed by atoms with Gasteiger partial charge in [-0.1, -0.05) is 65.8 Å². The molecule has 0 saturated carbocycles. The van der Waals surface area contributed by atoms with Gasteiger partial charge in [-0.05, 0) is 42.0 Å². The average molecular weight is 476 g/mol. The number of amides is 1. The number of carbonyl (C=O) groups excluding carboxylic acids is 1. The number of halogens is 1. The third-order valence-electron chi connectivity index (χ3n) is 5.09. The number of rotatable bonds is 6. The predicted molar refractivity (Wildman–Crippen MR) is 132 cm³/mol. The number of thioether (sulfide) groups is 1. The SMILES string of the molecule is O=C(CSc1nc2c(oc3ccccc32)c(=O)n1Cc1ccccc1)Nc1ccc(Cl)cc1. The van der Waals surface area contributed by atoms with E-state index >= 15 is 0 Å². The van der Waals surface area contributed by atoms with E-state index < -0.39 is 0 Å². The first-order chi connectivity index (χ1) is 16.1. The van der Waals surface area contributed by atoms with Gasteiger partial charge in [0.25, 0.3) is 5.56 Å². The Hall–Kier alpha value is -3.55. The molecule has 2 aromatic heterocycles. The van der Waals surface area contributed by atoms with Crippen LogP contribution in [0.1, 0.15) is 5.56 Å². The maximum Gasteiger partial charge on any atom is 0.298 e. The smallest absolute Gasteiger partial charge is 0.298 e. The van der Waals surface area contributed by atoms with Crippen molar-refractivity contribution in [2.24, 2.45) is 0 Å². The van der Waals surface area contributed by atoms with Crippen LogP contribution in [-0.4, -0.2) is 21.2 Å². The number of hydrogen-bond acceptors (Lipinski definition) is 5. The van der Waals surface area contributed by atoms with E-state index in [1.54, 1.807) is 28.8 Å². The Kier molecular flexibility index (Phi) is 5.90. The van der Waals surface area contributed by atoms with Gasteiger partial charge in [-0.2, -0.15) is 0 Å². The van der Waals surface area contributed by atoms with Crippen LogP contribution in [0.5, 0.6) is 0 Å². The van der Waals surface area contributed by atoms with Crippen molar-refractivity contribution in [2.75, 3.05) is 11.1 Å². The van der Waals surface area contributed by atoms with Crippen molar-refractivity contribution >= 4 is 57.0 Å². The molecular formula is C25H18ClN3O3S. The minimum absolute atomic E-state index is 0.0884. The number of carbonyl (C=O) groups is 1. The first-order valence-electron chi connectivity index (χ1n) is 10.2. The molecule has 0 aliphatic rings. The number of nitrogens with one attached hydrogen (secondary N) is 1. The van der Waals surface area contributed by atoms with Gasteiger partial charge in [0.05, 0.1) is 12.3 Å². The predicted octanol–water partition coefficient (Wildman–Crippen LogP) is 5.58. The summed E-state index contributed by atoms with van der Waals surface area (Å²) in [5.41, 5.74) is 2.63. The fourth-order valence-electron chi connectivity index (χ4n) is 3.53. The molecule has 0 radical (unpaired) electrons. The molecule has 1 N–H and O–H groups in total. The first-order valence-corrected chi connectivity index (χ1v) is 11.6. The molecule has 0 aliphatic heterocycles. The number of para-hydroxylation sites is 1. The molecule has 3 aromatic carbocycles. The Bertz CT molecular complexity index is 1510. The minimum Gasteiger partial charge on any atom is -0.448 e. The summed E-state index contributed by atoms with van der Waals surface area (Å²) in [6, 6.07) is 23.9. The Morgan fingerprint density at radius 2 is 1.73 bits per heavy atom. The van der Waals surface area contributed by atoms with Crippen LogP contribution in [0.2, 0.25) is 5.02 Å². The normalized spacial score (nSPS) is 11.2. The lowest BCUT2D eigenvalue weighted by Gasteiger charge is -2.12. The fourth-order valence-corrected chi connectivity index (χ4v) is 4.45. The van der Waals surface area contributed by atoms with E-state index in [1.807, 2.05) is 54.6 Å². The molecule has 0 unspecified atom stereocenters. The molecule has 0 saturated heterocycles. The highest BCUT2D eigenvalue weighted by molar-refractivity contribution is 7.99. The number of nitrogens with zero attached hydrogens (tertiary/aromatic N) is 2. The highest BCUT2D eigenvalue weighted by atomic mass is 35.5. The molecule has 0 fully saturated rings. The molecule has 1 amide bonds. The van der Waals surface area contributed by atoms with Gasteiger partial charge in [0.2, 0.25) is 11.5 Å². The number of hydrogen-bond donors (Lipinski definition) is 1. The molecule has 164 valence electrons. The minimum atomic E-state index is -0.277. The molecular weight excluding hydrogens is 458 g/mol. The van der Waals surface area contributed by atoms with Crippen molar-refractivity contribution in [2.45, 2.75) is 11.7 Å². The van der Waals surface area contributed by atoms with Crippen molar-refractivity contribution in [1.29, 1.82) is 0 Å². The molecule has 8 heteroatoms. The van der Waals surface area contributed by atoms with Crippen LogP contribution in [0.25, 0.3) is 22.1 Å². The van der Waals surface area contributed by atoms with Crippen LogP contribution in [-0.2, 0) is 11.3 Å². The molecule has 0 atom stereocenters. The van der Waals surface area contributed by atoms with Crippen molar-refractivity contribution in [3.8, 4) is 0 Å². The highest BCUT2D eigenvalue weighted by Crippen LogP contribution is 2.27. The summed E-state index contributed by atoms with van der Waals surface area (Å²) in [6.07, 6.45) is 0. The summed E-state index contributed by atoms with van der Waals surface area (Å²) in [4.78, 5) is 30.7. The van der Waals surface area contributed by atoms with Crippen LogP contribution < -0.4 is 10.9 Å². The largest absolute Gasteiger partial charge is 0.448 e. The van der Waals surface area contributed by atoms with Crippen molar-refractivity contribution in [3.63, 3.8) is 0 Å². The average Bonchev–Trinajstić information content (AvgIpc) is 3.21. The molecule has 0 aliphatic carbocycles. The second-order valence-electron chi connectivity index (χ2n) is 7.39. The van der Waals surface area contributed by atoms with Gasteiger partial charge < -0.3 is 9.73 Å². The van der Waals surface area contributed by atoms with Crippen LogP contribution in [0.4, 0.5) is 5.69 Å². The molecule has 5 rings (SSSR count). The van der Waals surface area contributed by atoms with E-state index in [9.17, 15) is 9.59 Å².